The molecule has 0 spiro atoms. The third-order valence-electron chi connectivity index (χ3n) is 3.59. The van der Waals surface area contributed by atoms with Crippen molar-refractivity contribution in [3.05, 3.63) is 45.1 Å². The molecule has 3 rings (SSSR count). The summed E-state index contributed by atoms with van der Waals surface area (Å²) in [5.74, 6) is 2.15. The van der Waals surface area contributed by atoms with E-state index < -0.39 is 6.10 Å². The fraction of sp³-hybridized carbons (Fsp3) is 0.353. The Kier molecular flexibility index (Phi) is 8.26. The summed E-state index contributed by atoms with van der Waals surface area (Å²) in [6.07, 6.45) is -0.633. The van der Waals surface area contributed by atoms with Gasteiger partial charge in [0.15, 0.2) is 17.5 Å². The zero-order valence-corrected chi connectivity index (χ0v) is 18.1. The Hall–Kier alpha value is -1.23. The number of halogens is 2. The molecular weight excluding hydrogens is 489 g/mol. The molecule has 1 unspecified atom stereocenters. The number of ether oxygens (including phenoxy) is 2. The van der Waals surface area contributed by atoms with Crippen LogP contribution < -0.4 is 20.1 Å². The summed E-state index contributed by atoms with van der Waals surface area (Å²) in [4.78, 5) is 5.37. The quantitative estimate of drug-likeness (QED) is 0.316. The second-order valence-corrected chi connectivity index (χ2v) is 7.17. The van der Waals surface area contributed by atoms with Crippen molar-refractivity contribution in [1.82, 2.24) is 10.6 Å². The molecule has 1 aliphatic rings. The highest BCUT2D eigenvalue weighted by molar-refractivity contribution is 14.0. The molecule has 3 N–H and O–H groups in total. The summed E-state index contributed by atoms with van der Waals surface area (Å²) >= 11 is 7.28. The molecule has 1 aliphatic heterocycles. The van der Waals surface area contributed by atoms with E-state index >= 15 is 0 Å². The largest absolute Gasteiger partial charge is 0.454 e. The molecule has 1 aromatic heterocycles. The summed E-state index contributed by atoms with van der Waals surface area (Å²) in [7, 11) is 0. The van der Waals surface area contributed by atoms with Gasteiger partial charge in [-0.3, -0.25) is 0 Å². The van der Waals surface area contributed by atoms with Crippen LogP contribution in [-0.4, -0.2) is 30.9 Å². The van der Waals surface area contributed by atoms with Crippen molar-refractivity contribution < 1.29 is 14.6 Å². The number of aliphatic hydroxyl groups is 1. The summed E-state index contributed by atoms with van der Waals surface area (Å²) in [5, 5.41) is 16.5. The van der Waals surface area contributed by atoms with E-state index in [1.165, 1.54) is 11.3 Å². The highest BCUT2D eigenvalue weighted by atomic mass is 127. The Morgan fingerprint density at radius 1 is 1.27 bits per heavy atom. The van der Waals surface area contributed by atoms with Gasteiger partial charge in [-0.05, 0) is 36.8 Å². The van der Waals surface area contributed by atoms with Crippen molar-refractivity contribution in [2.75, 3.05) is 19.9 Å². The molecular formula is C17H21ClIN3O3S. The van der Waals surface area contributed by atoms with E-state index in [2.05, 4.69) is 15.6 Å². The average Bonchev–Trinajstić information content (AvgIpc) is 3.25. The Labute approximate surface area is 178 Å². The highest BCUT2D eigenvalue weighted by Gasteiger charge is 2.13. The fourth-order valence-corrected chi connectivity index (χ4v) is 3.40. The molecule has 0 fully saturated rings. The van der Waals surface area contributed by atoms with Crippen molar-refractivity contribution in [2.24, 2.45) is 4.99 Å². The molecule has 142 valence electrons. The van der Waals surface area contributed by atoms with Crippen LogP contribution in [0.25, 0.3) is 0 Å². The zero-order chi connectivity index (χ0) is 17.6. The minimum atomic E-state index is -0.633. The lowest BCUT2D eigenvalue weighted by Crippen LogP contribution is -2.39. The van der Waals surface area contributed by atoms with E-state index in [0.29, 0.717) is 23.4 Å². The summed E-state index contributed by atoms with van der Waals surface area (Å²) < 4.78 is 11.4. The van der Waals surface area contributed by atoms with Gasteiger partial charge in [0.2, 0.25) is 6.79 Å². The SMILES string of the molecule is CCNC(=NCc1ccc2c(c1)OCO2)NCC(O)c1ccc(Cl)s1.I. The van der Waals surface area contributed by atoms with Crippen LogP contribution in [0.4, 0.5) is 0 Å². The van der Waals surface area contributed by atoms with Crippen LogP contribution in [0.5, 0.6) is 11.5 Å². The van der Waals surface area contributed by atoms with Crippen molar-refractivity contribution >= 4 is 52.9 Å². The van der Waals surface area contributed by atoms with Gasteiger partial charge in [0.25, 0.3) is 0 Å². The molecule has 1 atom stereocenters. The van der Waals surface area contributed by atoms with Crippen molar-refractivity contribution in [2.45, 2.75) is 19.6 Å². The number of nitrogens with one attached hydrogen (secondary N) is 2. The number of hydrogen-bond acceptors (Lipinski definition) is 5. The molecule has 1 aromatic carbocycles. The number of aliphatic imine (C=N–C) groups is 1. The first-order valence-electron chi connectivity index (χ1n) is 7.99. The summed E-state index contributed by atoms with van der Waals surface area (Å²) in [5.41, 5.74) is 1.02. The Bertz CT molecular complexity index is 757. The number of guanidine groups is 1. The second kappa shape index (κ2) is 10.2. The van der Waals surface area contributed by atoms with Gasteiger partial charge in [0.1, 0.15) is 6.10 Å². The van der Waals surface area contributed by atoms with Gasteiger partial charge in [-0.1, -0.05) is 17.7 Å². The van der Waals surface area contributed by atoms with Crippen LogP contribution in [0.15, 0.2) is 35.3 Å². The third-order valence-corrected chi connectivity index (χ3v) is 4.92. The number of aliphatic hydroxyl groups excluding tert-OH is 1. The number of rotatable bonds is 6. The molecule has 0 radical (unpaired) electrons. The molecule has 2 heterocycles. The number of benzene rings is 1. The van der Waals surface area contributed by atoms with Gasteiger partial charge in [0.05, 0.1) is 10.9 Å². The molecule has 0 bridgehead atoms. The average molecular weight is 510 g/mol. The van der Waals surface area contributed by atoms with Crippen LogP contribution >= 0.6 is 46.9 Å². The first kappa shape index (κ1) is 21.1. The highest BCUT2D eigenvalue weighted by Crippen LogP contribution is 2.32. The van der Waals surface area contributed by atoms with Gasteiger partial charge >= 0.3 is 0 Å². The predicted molar refractivity (Wildman–Crippen MR) is 115 cm³/mol. The Balaban J connectivity index is 0.00000243. The lowest BCUT2D eigenvalue weighted by molar-refractivity contribution is 0.174. The van der Waals surface area contributed by atoms with Crippen molar-refractivity contribution in [1.29, 1.82) is 0 Å². The Morgan fingerprint density at radius 3 is 2.81 bits per heavy atom. The molecule has 2 aromatic rings. The van der Waals surface area contributed by atoms with Crippen LogP contribution in [-0.2, 0) is 6.54 Å². The van der Waals surface area contributed by atoms with E-state index in [0.717, 1.165) is 28.5 Å². The topological polar surface area (TPSA) is 75.1 Å². The van der Waals surface area contributed by atoms with E-state index in [4.69, 9.17) is 21.1 Å². The van der Waals surface area contributed by atoms with E-state index in [1.807, 2.05) is 31.2 Å². The minimum absolute atomic E-state index is 0. The maximum atomic E-state index is 10.2. The molecule has 0 amide bonds. The summed E-state index contributed by atoms with van der Waals surface area (Å²) in [6.45, 7) is 3.83. The minimum Gasteiger partial charge on any atom is -0.454 e. The standard InChI is InChI=1S/C17H20ClN3O3S.HI/c1-2-19-17(21-9-12(22)15-5-6-16(18)25-15)20-8-11-3-4-13-14(7-11)24-10-23-13;/h3-7,12,22H,2,8-10H2,1H3,(H2,19,20,21);1H. The predicted octanol–water partition coefficient (Wildman–Crippen LogP) is 3.54. The first-order valence-corrected chi connectivity index (χ1v) is 9.19. The van der Waals surface area contributed by atoms with E-state index in [9.17, 15) is 5.11 Å². The molecule has 26 heavy (non-hydrogen) atoms. The van der Waals surface area contributed by atoms with Crippen molar-refractivity contribution in [3.8, 4) is 11.5 Å². The molecule has 6 nitrogen and oxygen atoms in total. The maximum Gasteiger partial charge on any atom is 0.231 e. The van der Waals surface area contributed by atoms with Crippen molar-refractivity contribution in [3.63, 3.8) is 0 Å². The molecule has 0 aliphatic carbocycles. The van der Waals surface area contributed by atoms with Gasteiger partial charge in [0, 0.05) is 18.0 Å². The van der Waals surface area contributed by atoms with Crippen LogP contribution in [0.2, 0.25) is 4.34 Å². The lowest BCUT2D eigenvalue weighted by Gasteiger charge is -2.14. The summed E-state index contributed by atoms with van der Waals surface area (Å²) in [6, 6.07) is 9.39. The monoisotopic (exact) mass is 509 g/mol. The Morgan fingerprint density at radius 2 is 2.08 bits per heavy atom. The third kappa shape index (κ3) is 5.63. The maximum absolute atomic E-state index is 10.2. The first-order chi connectivity index (χ1) is 12.2. The van der Waals surface area contributed by atoms with Gasteiger partial charge in [-0.25, -0.2) is 4.99 Å². The zero-order valence-electron chi connectivity index (χ0n) is 14.2. The smallest absolute Gasteiger partial charge is 0.231 e. The molecule has 0 saturated heterocycles. The number of hydrogen-bond donors (Lipinski definition) is 3. The van der Waals surface area contributed by atoms with E-state index in [-0.39, 0.29) is 30.8 Å². The number of thiophene rings is 1. The second-order valence-electron chi connectivity index (χ2n) is 5.42. The van der Waals surface area contributed by atoms with Gasteiger partial charge in [-0.2, -0.15) is 0 Å². The molecule has 9 heteroatoms. The van der Waals surface area contributed by atoms with Crippen LogP contribution in [0, 0.1) is 0 Å². The normalized spacial score (nSPS) is 13.9. The van der Waals surface area contributed by atoms with Crippen LogP contribution in [0.3, 0.4) is 0 Å². The number of fused-ring (bicyclic) bond motifs is 1. The molecule has 0 saturated carbocycles. The van der Waals surface area contributed by atoms with Gasteiger partial charge in [-0.15, -0.1) is 35.3 Å². The number of nitrogens with zero attached hydrogens (tertiary/aromatic N) is 1. The van der Waals surface area contributed by atoms with E-state index in [1.54, 1.807) is 6.07 Å². The lowest BCUT2D eigenvalue weighted by atomic mass is 10.2. The fourth-order valence-electron chi connectivity index (χ4n) is 2.35. The van der Waals surface area contributed by atoms with Crippen LogP contribution in [0.1, 0.15) is 23.5 Å². The van der Waals surface area contributed by atoms with Gasteiger partial charge < -0.3 is 25.2 Å².